The van der Waals surface area contributed by atoms with Crippen LogP contribution in [0.4, 0.5) is 0 Å². The Bertz CT molecular complexity index is 1060. The maximum Gasteiger partial charge on any atom is 0.257 e. The van der Waals surface area contributed by atoms with Crippen LogP contribution < -0.4 is 14.2 Å². The van der Waals surface area contributed by atoms with Crippen molar-refractivity contribution in [2.75, 3.05) is 7.11 Å². The van der Waals surface area contributed by atoms with Crippen LogP contribution in [0.25, 0.3) is 11.3 Å². The fraction of sp³-hybridized carbons (Fsp3) is 0.115. The SMILES string of the molecule is COc1ccc(-c2ccc(OCc3ccccc3)c(OCc3ccccc3)n2)cc1. The highest BCUT2D eigenvalue weighted by atomic mass is 16.5. The predicted octanol–water partition coefficient (Wildman–Crippen LogP) is 5.92. The molecular formula is C26H23NO3. The summed E-state index contributed by atoms with van der Waals surface area (Å²) in [6.45, 7) is 0.869. The Hall–Kier alpha value is -3.79. The van der Waals surface area contributed by atoms with Gasteiger partial charge in [-0.3, -0.25) is 0 Å². The Kier molecular flexibility index (Phi) is 6.25. The zero-order valence-corrected chi connectivity index (χ0v) is 16.8. The summed E-state index contributed by atoms with van der Waals surface area (Å²) in [5.41, 5.74) is 3.96. The van der Waals surface area contributed by atoms with Gasteiger partial charge < -0.3 is 14.2 Å². The molecule has 4 aromatic rings. The molecule has 0 unspecified atom stereocenters. The standard InChI is InChI=1S/C26H23NO3/c1-28-23-14-12-22(13-15-23)24-16-17-25(29-18-20-8-4-2-5-9-20)26(27-24)30-19-21-10-6-3-7-11-21/h2-17H,18-19H2,1H3. The lowest BCUT2D eigenvalue weighted by Crippen LogP contribution is -2.03. The number of rotatable bonds is 8. The minimum absolute atomic E-state index is 0.418. The van der Waals surface area contributed by atoms with Crippen molar-refractivity contribution >= 4 is 0 Å². The first-order valence-electron chi connectivity index (χ1n) is 9.81. The first-order chi connectivity index (χ1) is 14.8. The molecule has 4 nitrogen and oxygen atoms in total. The average molecular weight is 397 g/mol. The molecule has 0 amide bonds. The van der Waals surface area contributed by atoms with Gasteiger partial charge >= 0.3 is 0 Å². The fourth-order valence-electron chi connectivity index (χ4n) is 3.02. The number of methoxy groups -OCH3 is 1. The van der Waals surface area contributed by atoms with E-state index in [2.05, 4.69) is 0 Å². The van der Waals surface area contributed by atoms with E-state index in [0.29, 0.717) is 24.8 Å². The smallest absolute Gasteiger partial charge is 0.257 e. The van der Waals surface area contributed by atoms with Gasteiger partial charge in [-0.15, -0.1) is 0 Å². The molecule has 3 aromatic carbocycles. The summed E-state index contributed by atoms with van der Waals surface area (Å²) in [5.74, 6) is 1.90. The summed E-state index contributed by atoms with van der Waals surface area (Å²) >= 11 is 0. The van der Waals surface area contributed by atoms with Crippen molar-refractivity contribution in [3.63, 3.8) is 0 Å². The average Bonchev–Trinajstić information content (AvgIpc) is 2.83. The molecule has 30 heavy (non-hydrogen) atoms. The van der Waals surface area contributed by atoms with Crippen molar-refractivity contribution in [3.05, 3.63) is 108 Å². The van der Waals surface area contributed by atoms with E-state index in [1.165, 1.54) is 0 Å². The second kappa shape index (κ2) is 9.61. The van der Waals surface area contributed by atoms with Crippen molar-refractivity contribution in [1.29, 1.82) is 0 Å². The lowest BCUT2D eigenvalue weighted by molar-refractivity contribution is 0.247. The van der Waals surface area contributed by atoms with E-state index in [1.54, 1.807) is 7.11 Å². The van der Waals surface area contributed by atoms with Gasteiger partial charge in [-0.2, -0.15) is 0 Å². The van der Waals surface area contributed by atoms with Gasteiger partial charge in [0.25, 0.3) is 5.88 Å². The lowest BCUT2D eigenvalue weighted by Gasteiger charge is -2.14. The molecule has 0 saturated carbocycles. The van der Waals surface area contributed by atoms with Gasteiger partial charge in [-0.05, 0) is 47.5 Å². The molecule has 4 rings (SSSR count). The monoisotopic (exact) mass is 397 g/mol. The third kappa shape index (κ3) is 4.97. The number of hydrogen-bond donors (Lipinski definition) is 0. The Labute approximate surface area is 176 Å². The molecule has 0 bridgehead atoms. The highest BCUT2D eigenvalue weighted by Crippen LogP contribution is 2.31. The summed E-state index contributed by atoms with van der Waals surface area (Å²) in [4.78, 5) is 4.74. The molecule has 1 heterocycles. The predicted molar refractivity (Wildman–Crippen MR) is 118 cm³/mol. The van der Waals surface area contributed by atoms with E-state index >= 15 is 0 Å². The van der Waals surface area contributed by atoms with E-state index in [4.69, 9.17) is 19.2 Å². The molecule has 4 heteroatoms. The molecule has 0 aliphatic carbocycles. The minimum Gasteiger partial charge on any atom is -0.497 e. The highest BCUT2D eigenvalue weighted by molar-refractivity contribution is 5.62. The van der Waals surface area contributed by atoms with Gasteiger partial charge in [0, 0.05) is 5.56 Å². The number of ether oxygens (including phenoxy) is 3. The summed E-state index contributed by atoms with van der Waals surface area (Å²) in [5, 5.41) is 0. The number of aromatic nitrogens is 1. The quantitative estimate of drug-likeness (QED) is 0.370. The highest BCUT2D eigenvalue weighted by Gasteiger charge is 2.11. The van der Waals surface area contributed by atoms with Crippen LogP contribution in [0.3, 0.4) is 0 Å². The van der Waals surface area contributed by atoms with Gasteiger partial charge in [0.1, 0.15) is 19.0 Å². The van der Waals surface area contributed by atoms with E-state index in [9.17, 15) is 0 Å². The second-order valence-corrected chi connectivity index (χ2v) is 6.78. The van der Waals surface area contributed by atoms with Crippen molar-refractivity contribution in [1.82, 2.24) is 4.98 Å². The largest absolute Gasteiger partial charge is 0.497 e. The molecule has 0 aliphatic rings. The topological polar surface area (TPSA) is 40.6 Å². The fourth-order valence-corrected chi connectivity index (χ4v) is 3.02. The molecule has 0 radical (unpaired) electrons. The summed E-state index contributed by atoms with van der Waals surface area (Å²) in [6, 6.07) is 31.7. The van der Waals surface area contributed by atoms with E-state index in [-0.39, 0.29) is 0 Å². The number of benzene rings is 3. The van der Waals surface area contributed by atoms with Crippen LogP contribution in [0, 0.1) is 0 Å². The maximum atomic E-state index is 6.06. The van der Waals surface area contributed by atoms with Crippen molar-refractivity contribution in [2.24, 2.45) is 0 Å². The number of nitrogens with zero attached hydrogens (tertiary/aromatic N) is 1. The van der Waals surface area contributed by atoms with Crippen LogP contribution in [-0.4, -0.2) is 12.1 Å². The van der Waals surface area contributed by atoms with E-state index < -0.39 is 0 Å². The van der Waals surface area contributed by atoms with E-state index in [0.717, 1.165) is 28.1 Å². The van der Waals surface area contributed by atoms with Gasteiger partial charge in [0.2, 0.25) is 0 Å². The zero-order valence-electron chi connectivity index (χ0n) is 16.8. The van der Waals surface area contributed by atoms with Crippen LogP contribution in [0.1, 0.15) is 11.1 Å². The summed E-state index contributed by atoms with van der Waals surface area (Å²) < 4.78 is 17.3. The molecule has 0 N–H and O–H groups in total. The van der Waals surface area contributed by atoms with Crippen LogP contribution in [-0.2, 0) is 13.2 Å². The van der Waals surface area contributed by atoms with E-state index in [1.807, 2.05) is 97.1 Å². The van der Waals surface area contributed by atoms with Crippen LogP contribution in [0.15, 0.2) is 97.1 Å². The molecule has 0 atom stereocenters. The molecular weight excluding hydrogens is 374 g/mol. The molecule has 0 spiro atoms. The number of hydrogen-bond acceptors (Lipinski definition) is 4. The Balaban J connectivity index is 1.58. The van der Waals surface area contributed by atoms with Gasteiger partial charge in [-0.1, -0.05) is 60.7 Å². The molecule has 0 aliphatic heterocycles. The lowest BCUT2D eigenvalue weighted by atomic mass is 10.1. The Morgan fingerprint density at radius 2 is 1.23 bits per heavy atom. The molecule has 0 saturated heterocycles. The van der Waals surface area contributed by atoms with Gasteiger partial charge in [0.05, 0.1) is 12.8 Å². The first-order valence-corrected chi connectivity index (χ1v) is 9.81. The summed E-state index contributed by atoms with van der Waals surface area (Å²) in [6.07, 6.45) is 0. The summed E-state index contributed by atoms with van der Waals surface area (Å²) in [7, 11) is 1.65. The first kappa shape index (κ1) is 19.5. The zero-order chi connectivity index (χ0) is 20.6. The van der Waals surface area contributed by atoms with Crippen molar-refractivity contribution in [2.45, 2.75) is 13.2 Å². The Morgan fingerprint density at radius 3 is 1.83 bits per heavy atom. The Morgan fingerprint density at radius 1 is 0.633 bits per heavy atom. The minimum atomic E-state index is 0.418. The second-order valence-electron chi connectivity index (χ2n) is 6.78. The molecule has 0 fully saturated rings. The number of pyridine rings is 1. The van der Waals surface area contributed by atoms with Crippen LogP contribution in [0.5, 0.6) is 17.4 Å². The normalized spacial score (nSPS) is 10.4. The van der Waals surface area contributed by atoms with Crippen LogP contribution >= 0.6 is 0 Å². The molecule has 1 aromatic heterocycles. The third-order valence-electron chi connectivity index (χ3n) is 4.67. The van der Waals surface area contributed by atoms with Crippen molar-refractivity contribution < 1.29 is 14.2 Å². The maximum absolute atomic E-state index is 6.06. The third-order valence-corrected chi connectivity index (χ3v) is 4.67. The van der Waals surface area contributed by atoms with Gasteiger partial charge in [-0.25, -0.2) is 4.98 Å². The molecule has 150 valence electrons. The van der Waals surface area contributed by atoms with Gasteiger partial charge in [0.15, 0.2) is 5.75 Å². The van der Waals surface area contributed by atoms with Crippen LogP contribution in [0.2, 0.25) is 0 Å². The van der Waals surface area contributed by atoms with Crippen molar-refractivity contribution in [3.8, 4) is 28.6 Å².